The summed E-state index contributed by atoms with van der Waals surface area (Å²) < 4.78 is 2.27. The molecule has 1 unspecified atom stereocenters. The minimum atomic E-state index is 0. The van der Waals surface area contributed by atoms with Gasteiger partial charge < -0.3 is 9.88 Å². The predicted molar refractivity (Wildman–Crippen MR) is 76.3 cm³/mol. The Morgan fingerprint density at radius 3 is 3.06 bits per heavy atom. The number of aromatic nitrogens is 2. The zero-order valence-electron chi connectivity index (χ0n) is 10.1. The van der Waals surface area contributed by atoms with E-state index in [0.717, 1.165) is 35.2 Å². The maximum Gasteiger partial charge on any atom is 0.126 e. The number of rotatable bonds is 1. The van der Waals surface area contributed by atoms with E-state index in [1.165, 1.54) is 0 Å². The first-order valence-electron chi connectivity index (χ1n) is 5.80. The Hall–Kier alpha value is -1.03. The summed E-state index contributed by atoms with van der Waals surface area (Å²) in [6.07, 6.45) is 1.94. The van der Waals surface area contributed by atoms with Crippen LogP contribution < -0.4 is 5.32 Å². The van der Waals surface area contributed by atoms with E-state index in [2.05, 4.69) is 27.9 Å². The minimum absolute atomic E-state index is 0. The molecule has 96 valence electrons. The molecule has 1 aromatic carbocycles. The number of halogens is 2. The molecule has 0 fully saturated rings. The van der Waals surface area contributed by atoms with Crippen LogP contribution >= 0.6 is 24.0 Å². The van der Waals surface area contributed by atoms with E-state index in [-0.39, 0.29) is 12.4 Å². The fourth-order valence-electron chi connectivity index (χ4n) is 2.33. The smallest absolute Gasteiger partial charge is 0.126 e. The number of hydrogen-bond donors (Lipinski definition) is 1. The molecule has 0 saturated carbocycles. The van der Waals surface area contributed by atoms with Gasteiger partial charge in [-0.15, -0.1) is 12.4 Å². The lowest BCUT2D eigenvalue weighted by atomic mass is 10.1. The van der Waals surface area contributed by atoms with Gasteiger partial charge in [-0.25, -0.2) is 4.98 Å². The van der Waals surface area contributed by atoms with Gasteiger partial charge in [-0.3, -0.25) is 0 Å². The molecule has 1 atom stereocenters. The van der Waals surface area contributed by atoms with Gasteiger partial charge in [0, 0.05) is 23.7 Å². The highest BCUT2D eigenvalue weighted by Gasteiger charge is 2.20. The second-order valence-corrected chi connectivity index (χ2v) is 4.78. The van der Waals surface area contributed by atoms with Crippen LogP contribution in [0.25, 0.3) is 11.3 Å². The lowest BCUT2D eigenvalue weighted by Gasteiger charge is -2.23. The summed E-state index contributed by atoms with van der Waals surface area (Å²) in [4.78, 5) is 4.50. The van der Waals surface area contributed by atoms with Gasteiger partial charge in [0.05, 0.1) is 17.9 Å². The zero-order chi connectivity index (χ0) is 11.8. The van der Waals surface area contributed by atoms with Crippen LogP contribution in [-0.4, -0.2) is 16.1 Å². The van der Waals surface area contributed by atoms with Crippen molar-refractivity contribution >= 4 is 24.0 Å². The predicted octanol–water partition coefficient (Wildman–Crippen LogP) is 3.29. The van der Waals surface area contributed by atoms with Crippen molar-refractivity contribution in [1.82, 2.24) is 14.9 Å². The summed E-state index contributed by atoms with van der Waals surface area (Å²) in [6, 6.07) is 8.24. The third-order valence-corrected chi connectivity index (χ3v) is 3.42. The molecule has 5 heteroatoms. The van der Waals surface area contributed by atoms with Gasteiger partial charge in [0.2, 0.25) is 0 Å². The summed E-state index contributed by atoms with van der Waals surface area (Å²) in [5.41, 5.74) is 2.28. The van der Waals surface area contributed by atoms with Crippen LogP contribution in [0.15, 0.2) is 30.5 Å². The number of nitrogens with one attached hydrogen (secondary N) is 1. The lowest BCUT2D eigenvalue weighted by Crippen LogP contribution is -2.32. The fourth-order valence-corrected chi connectivity index (χ4v) is 2.52. The van der Waals surface area contributed by atoms with Gasteiger partial charge in [0.15, 0.2) is 0 Å². The SMILES string of the molecule is CC1NCCn2c(-c3cccc(Cl)c3)cnc21.Cl. The van der Waals surface area contributed by atoms with Gasteiger partial charge in [0.1, 0.15) is 5.82 Å². The van der Waals surface area contributed by atoms with E-state index in [9.17, 15) is 0 Å². The fraction of sp³-hybridized carbons (Fsp3) is 0.308. The number of benzene rings is 1. The average Bonchev–Trinajstić information content (AvgIpc) is 2.74. The maximum absolute atomic E-state index is 6.03. The molecule has 0 radical (unpaired) electrons. The van der Waals surface area contributed by atoms with Crippen molar-refractivity contribution in [3.8, 4) is 11.3 Å². The molecule has 3 nitrogen and oxygen atoms in total. The van der Waals surface area contributed by atoms with Crippen LogP contribution in [-0.2, 0) is 6.54 Å². The summed E-state index contributed by atoms with van der Waals surface area (Å²) in [5, 5.41) is 4.17. The molecule has 1 aliphatic rings. The van der Waals surface area contributed by atoms with Crippen molar-refractivity contribution in [3.63, 3.8) is 0 Å². The molecule has 18 heavy (non-hydrogen) atoms. The van der Waals surface area contributed by atoms with Gasteiger partial charge in [-0.2, -0.15) is 0 Å². The van der Waals surface area contributed by atoms with Crippen LogP contribution in [0, 0.1) is 0 Å². The maximum atomic E-state index is 6.03. The van der Waals surface area contributed by atoms with Gasteiger partial charge in [-0.1, -0.05) is 23.7 Å². The van der Waals surface area contributed by atoms with Crippen LogP contribution in [0.1, 0.15) is 18.8 Å². The van der Waals surface area contributed by atoms with E-state index >= 15 is 0 Å². The first kappa shape index (κ1) is 13.4. The Morgan fingerprint density at radius 1 is 1.44 bits per heavy atom. The Morgan fingerprint density at radius 2 is 2.28 bits per heavy atom. The van der Waals surface area contributed by atoms with Crippen molar-refractivity contribution < 1.29 is 0 Å². The highest BCUT2D eigenvalue weighted by Crippen LogP contribution is 2.27. The molecule has 3 rings (SSSR count). The van der Waals surface area contributed by atoms with Crippen LogP contribution in [0.5, 0.6) is 0 Å². The minimum Gasteiger partial charge on any atom is -0.325 e. The normalized spacial score (nSPS) is 18.0. The van der Waals surface area contributed by atoms with Gasteiger partial charge in [0.25, 0.3) is 0 Å². The van der Waals surface area contributed by atoms with Crippen LogP contribution in [0.4, 0.5) is 0 Å². The van der Waals surface area contributed by atoms with Crippen molar-refractivity contribution in [2.75, 3.05) is 6.54 Å². The summed E-state index contributed by atoms with van der Waals surface area (Å²) >= 11 is 6.03. The monoisotopic (exact) mass is 283 g/mol. The molecule has 2 heterocycles. The number of imidazole rings is 1. The third kappa shape index (κ3) is 2.26. The Kier molecular flexibility index (Phi) is 3.95. The number of nitrogens with zero attached hydrogens (tertiary/aromatic N) is 2. The van der Waals surface area contributed by atoms with Crippen molar-refractivity contribution in [2.24, 2.45) is 0 Å². The Balaban J connectivity index is 0.00000120. The molecule has 1 aliphatic heterocycles. The molecule has 0 spiro atoms. The first-order valence-corrected chi connectivity index (χ1v) is 6.18. The number of fused-ring (bicyclic) bond motifs is 1. The summed E-state index contributed by atoms with van der Waals surface area (Å²) in [6.45, 7) is 4.08. The van der Waals surface area contributed by atoms with Gasteiger partial charge >= 0.3 is 0 Å². The first-order chi connectivity index (χ1) is 8.25. The standard InChI is InChI=1S/C13H14ClN3.ClH/c1-9-13-16-8-12(17(13)6-5-15-9)10-3-2-4-11(14)7-10;/h2-4,7-9,15H,5-6H2,1H3;1H. The Bertz CT molecular complexity index is 551. The highest BCUT2D eigenvalue weighted by molar-refractivity contribution is 6.30. The van der Waals surface area contributed by atoms with E-state index < -0.39 is 0 Å². The molecule has 0 bridgehead atoms. The molecule has 2 aromatic rings. The van der Waals surface area contributed by atoms with Crippen LogP contribution in [0.3, 0.4) is 0 Å². The van der Waals surface area contributed by atoms with Crippen molar-refractivity contribution in [3.05, 3.63) is 41.3 Å². The van der Waals surface area contributed by atoms with E-state index in [1.54, 1.807) is 0 Å². The zero-order valence-corrected chi connectivity index (χ0v) is 11.6. The van der Waals surface area contributed by atoms with E-state index in [4.69, 9.17) is 11.6 Å². The molecular weight excluding hydrogens is 269 g/mol. The second kappa shape index (κ2) is 5.31. The van der Waals surface area contributed by atoms with E-state index in [0.29, 0.717) is 6.04 Å². The largest absolute Gasteiger partial charge is 0.325 e. The topological polar surface area (TPSA) is 29.9 Å². The molecule has 1 aromatic heterocycles. The van der Waals surface area contributed by atoms with Crippen LogP contribution in [0.2, 0.25) is 5.02 Å². The quantitative estimate of drug-likeness (QED) is 0.870. The summed E-state index contributed by atoms with van der Waals surface area (Å²) in [7, 11) is 0. The molecule has 1 N–H and O–H groups in total. The van der Waals surface area contributed by atoms with Crippen molar-refractivity contribution in [1.29, 1.82) is 0 Å². The second-order valence-electron chi connectivity index (χ2n) is 4.34. The summed E-state index contributed by atoms with van der Waals surface area (Å²) in [5.74, 6) is 1.10. The van der Waals surface area contributed by atoms with E-state index in [1.807, 2.05) is 24.4 Å². The van der Waals surface area contributed by atoms with Gasteiger partial charge in [-0.05, 0) is 19.1 Å². The third-order valence-electron chi connectivity index (χ3n) is 3.18. The highest BCUT2D eigenvalue weighted by atomic mass is 35.5. The average molecular weight is 284 g/mol. The molecular formula is C13H15Cl2N3. The number of hydrogen-bond acceptors (Lipinski definition) is 2. The molecule has 0 amide bonds. The Labute approximate surface area is 118 Å². The molecule has 0 aliphatic carbocycles. The molecule has 0 saturated heterocycles. The lowest BCUT2D eigenvalue weighted by molar-refractivity contribution is 0.439. The van der Waals surface area contributed by atoms with Crippen molar-refractivity contribution in [2.45, 2.75) is 19.5 Å².